The number of halogens is 2. The lowest BCUT2D eigenvalue weighted by Gasteiger charge is -2.15. The van der Waals surface area contributed by atoms with E-state index in [9.17, 15) is 13.6 Å². The number of carbonyl (C=O) groups excluding carboxylic acids is 1. The number of alkyl halides is 2. The number of aromatic nitrogens is 3. The molecule has 0 saturated heterocycles. The van der Waals surface area contributed by atoms with E-state index in [0.29, 0.717) is 18.5 Å². The summed E-state index contributed by atoms with van der Waals surface area (Å²) in [7, 11) is 1.69. The van der Waals surface area contributed by atoms with Crippen LogP contribution in [-0.4, -0.2) is 34.6 Å². The number of nitrogens with zero attached hydrogens (tertiary/aromatic N) is 2. The van der Waals surface area contributed by atoms with Crippen LogP contribution in [0.2, 0.25) is 0 Å². The number of rotatable bonds is 3. The average Bonchev–Trinajstić information content (AvgIpc) is 3.03. The Morgan fingerprint density at radius 1 is 1.35 bits per heavy atom. The average molecular weight is 356 g/mol. The zero-order valence-electron chi connectivity index (χ0n) is 14.4. The molecule has 0 aliphatic heterocycles. The molecule has 3 aromatic rings. The molecular formula is C19H18F2N4O. The van der Waals surface area contributed by atoms with Crippen molar-refractivity contribution < 1.29 is 13.6 Å². The van der Waals surface area contributed by atoms with E-state index in [1.165, 1.54) is 4.90 Å². The molecule has 1 fully saturated rings. The molecule has 5 rings (SSSR count). The number of amides is 1. The second-order valence-electron chi connectivity index (χ2n) is 7.67. The minimum Gasteiger partial charge on any atom is -0.353 e. The zero-order valence-corrected chi connectivity index (χ0v) is 14.4. The van der Waals surface area contributed by atoms with Crippen LogP contribution in [0, 0.1) is 11.3 Å². The first-order valence-corrected chi connectivity index (χ1v) is 8.60. The largest absolute Gasteiger partial charge is 0.353 e. The Hall–Kier alpha value is -2.70. The minimum atomic E-state index is -2.60. The molecule has 0 radical (unpaired) electrons. The lowest BCUT2D eigenvalue weighted by Crippen LogP contribution is -2.14. The van der Waals surface area contributed by atoms with Crippen LogP contribution in [-0.2, 0) is 17.6 Å². The molecule has 7 heteroatoms. The van der Waals surface area contributed by atoms with E-state index in [1.54, 1.807) is 14.0 Å². The van der Waals surface area contributed by atoms with Crippen LogP contribution in [0.25, 0.3) is 22.3 Å². The predicted octanol–water partition coefficient (Wildman–Crippen LogP) is 3.52. The highest BCUT2D eigenvalue weighted by molar-refractivity contribution is 5.90. The molecule has 2 aliphatic carbocycles. The Balaban J connectivity index is 1.55. The number of fused-ring (bicyclic) bond motifs is 3. The van der Waals surface area contributed by atoms with E-state index in [2.05, 4.69) is 15.2 Å². The summed E-state index contributed by atoms with van der Waals surface area (Å²) in [5.41, 5.74) is 3.94. The van der Waals surface area contributed by atoms with Gasteiger partial charge in [-0.2, -0.15) is 5.10 Å². The monoisotopic (exact) mass is 356 g/mol. The van der Waals surface area contributed by atoms with Crippen molar-refractivity contribution in [2.24, 2.45) is 11.3 Å². The molecule has 26 heavy (non-hydrogen) atoms. The maximum absolute atomic E-state index is 14.1. The number of benzene rings is 1. The first kappa shape index (κ1) is 15.5. The summed E-state index contributed by atoms with van der Waals surface area (Å²) < 4.78 is 28.2. The van der Waals surface area contributed by atoms with Gasteiger partial charge >= 0.3 is 0 Å². The van der Waals surface area contributed by atoms with Crippen LogP contribution >= 0.6 is 0 Å². The number of carbonyl (C=O) groups is 1. The SMILES string of the molecule is CN(C=O)c1ccc2cc(-c3n[nH]c4c3CC3C(F)(F)C3(C)C4)[nH]c2c1. The van der Waals surface area contributed by atoms with Gasteiger partial charge < -0.3 is 9.88 Å². The van der Waals surface area contributed by atoms with E-state index in [1.807, 2.05) is 24.3 Å². The second-order valence-corrected chi connectivity index (χ2v) is 7.67. The van der Waals surface area contributed by atoms with Gasteiger partial charge in [-0.15, -0.1) is 0 Å². The van der Waals surface area contributed by atoms with Crippen molar-refractivity contribution in [2.45, 2.75) is 25.7 Å². The quantitative estimate of drug-likeness (QED) is 0.705. The van der Waals surface area contributed by atoms with Gasteiger partial charge in [0.25, 0.3) is 5.92 Å². The van der Waals surface area contributed by atoms with E-state index < -0.39 is 17.3 Å². The highest BCUT2D eigenvalue weighted by atomic mass is 19.3. The Bertz CT molecular complexity index is 1050. The van der Waals surface area contributed by atoms with Gasteiger partial charge in [0.1, 0.15) is 5.69 Å². The highest BCUT2D eigenvalue weighted by Gasteiger charge is 2.78. The van der Waals surface area contributed by atoms with Crippen LogP contribution in [0.15, 0.2) is 24.3 Å². The second kappa shape index (κ2) is 4.72. The molecule has 1 amide bonds. The van der Waals surface area contributed by atoms with Gasteiger partial charge in [-0.25, -0.2) is 8.78 Å². The normalized spacial score (nSPS) is 25.6. The fourth-order valence-electron chi connectivity index (χ4n) is 4.35. The summed E-state index contributed by atoms with van der Waals surface area (Å²) in [6.07, 6.45) is 1.43. The fourth-order valence-corrected chi connectivity index (χ4v) is 4.35. The Morgan fingerprint density at radius 3 is 2.92 bits per heavy atom. The summed E-state index contributed by atoms with van der Waals surface area (Å²) in [6.45, 7) is 1.66. The number of hydrogen-bond acceptors (Lipinski definition) is 2. The third-order valence-electron chi connectivity index (χ3n) is 6.22. The van der Waals surface area contributed by atoms with E-state index in [-0.39, 0.29) is 0 Å². The number of nitrogens with one attached hydrogen (secondary N) is 2. The minimum absolute atomic E-state index is 0.335. The lowest BCUT2D eigenvalue weighted by atomic mass is 9.87. The van der Waals surface area contributed by atoms with Crippen molar-refractivity contribution in [2.75, 3.05) is 11.9 Å². The molecule has 1 aromatic carbocycles. The molecule has 2 heterocycles. The maximum Gasteiger partial charge on any atom is 0.258 e. The van der Waals surface area contributed by atoms with E-state index in [0.717, 1.165) is 40.0 Å². The molecule has 2 aromatic heterocycles. The third-order valence-corrected chi connectivity index (χ3v) is 6.22. The topological polar surface area (TPSA) is 64.8 Å². The Morgan fingerprint density at radius 2 is 2.15 bits per heavy atom. The molecule has 2 atom stereocenters. The molecule has 5 nitrogen and oxygen atoms in total. The zero-order chi connectivity index (χ0) is 18.3. The van der Waals surface area contributed by atoms with Crippen LogP contribution in [0.1, 0.15) is 18.2 Å². The van der Waals surface area contributed by atoms with Crippen LogP contribution in [0.5, 0.6) is 0 Å². The molecule has 134 valence electrons. The van der Waals surface area contributed by atoms with Crippen molar-refractivity contribution in [3.63, 3.8) is 0 Å². The Kier molecular flexibility index (Phi) is 2.82. The molecule has 0 spiro atoms. The van der Waals surface area contributed by atoms with Gasteiger partial charge in [0.05, 0.1) is 5.69 Å². The van der Waals surface area contributed by atoms with Gasteiger partial charge in [-0.3, -0.25) is 9.89 Å². The number of aromatic amines is 2. The molecule has 2 aliphatic rings. The summed E-state index contributed by atoms with van der Waals surface area (Å²) in [5, 5.41) is 8.36. The van der Waals surface area contributed by atoms with Crippen molar-refractivity contribution >= 4 is 23.0 Å². The molecular weight excluding hydrogens is 338 g/mol. The summed E-state index contributed by atoms with van der Waals surface area (Å²) in [6, 6.07) is 7.65. The van der Waals surface area contributed by atoms with Gasteiger partial charge in [-0.05, 0) is 24.6 Å². The van der Waals surface area contributed by atoms with Gasteiger partial charge in [0.2, 0.25) is 6.41 Å². The van der Waals surface area contributed by atoms with Crippen molar-refractivity contribution in [1.29, 1.82) is 0 Å². The smallest absolute Gasteiger partial charge is 0.258 e. The number of hydrogen-bond donors (Lipinski definition) is 2. The summed E-state index contributed by atoms with van der Waals surface area (Å²) in [4.78, 5) is 15.8. The molecule has 1 saturated carbocycles. The van der Waals surface area contributed by atoms with E-state index in [4.69, 9.17) is 0 Å². The van der Waals surface area contributed by atoms with E-state index >= 15 is 0 Å². The van der Waals surface area contributed by atoms with Crippen LogP contribution < -0.4 is 4.90 Å². The fraction of sp³-hybridized carbons (Fsp3) is 0.368. The molecule has 2 unspecified atom stereocenters. The lowest BCUT2D eigenvalue weighted by molar-refractivity contribution is -0.107. The first-order chi connectivity index (χ1) is 12.3. The maximum atomic E-state index is 14.1. The summed E-state index contributed by atoms with van der Waals surface area (Å²) in [5.74, 6) is -3.20. The van der Waals surface area contributed by atoms with Crippen molar-refractivity contribution in [3.8, 4) is 11.4 Å². The number of H-pyrrole nitrogens is 2. The molecule has 2 N–H and O–H groups in total. The van der Waals surface area contributed by atoms with Crippen LogP contribution in [0.3, 0.4) is 0 Å². The third kappa shape index (κ3) is 1.83. The van der Waals surface area contributed by atoms with Gasteiger partial charge in [0, 0.05) is 52.6 Å². The Labute approximate surface area is 148 Å². The standard InChI is InChI=1S/C19H18F2N4O/c1-18-8-15-12(7-16(18)19(18,20)21)17(24-23-15)14-5-10-3-4-11(25(2)9-26)6-13(10)22-14/h3-6,9,16,22H,7-8H2,1-2H3,(H,23,24). The van der Waals surface area contributed by atoms with Gasteiger partial charge in [-0.1, -0.05) is 13.0 Å². The summed E-state index contributed by atoms with van der Waals surface area (Å²) >= 11 is 0. The first-order valence-electron chi connectivity index (χ1n) is 8.60. The van der Waals surface area contributed by atoms with Crippen LogP contribution in [0.4, 0.5) is 14.5 Å². The van der Waals surface area contributed by atoms with Gasteiger partial charge in [0.15, 0.2) is 0 Å². The van der Waals surface area contributed by atoms with Crippen molar-refractivity contribution in [1.82, 2.24) is 15.2 Å². The van der Waals surface area contributed by atoms with Crippen molar-refractivity contribution in [3.05, 3.63) is 35.5 Å². The molecule has 0 bridgehead atoms. The predicted molar refractivity (Wildman–Crippen MR) is 94.3 cm³/mol. The number of anilines is 1. The highest BCUT2D eigenvalue weighted by Crippen LogP contribution is 2.70.